The van der Waals surface area contributed by atoms with Crippen molar-refractivity contribution in [3.63, 3.8) is 0 Å². The number of rotatable bonds is 9. The van der Waals surface area contributed by atoms with Crippen LogP contribution in [-0.2, 0) is 0 Å². The number of hydrogen-bond donors (Lipinski definition) is 3. The summed E-state index contributed by atoms with van der Waals surface area (Å²) >= 11 is 0. The van der Waals surface area contributed by atoms with Gasteiger partial charge in [-0.3, -0.25) is 4.90 Å². The molecule has 0 aromatic carbocycles. The van der Waals surface area contributed by atoms with Crippen molar-refractivity contribution in [3.05, 3.63) is 0 Å². The summed E-state index contributed by atoms with van der Waals surface area (Å²) in [6.45, 7) is 6.22. The van der Waals surface area contributed by atoms with Crippen LogP contribution >= 0.6 is 0 Å². The van der Waals surface area contributed by atoms with Crippen LogP contribution in [0.25, 0.3) is 0 Å². The Morgan fingerprint density at radius 3 is 1.19 bits per heavy atom. The van der Waals surface area contributed by atoms with Crippen LogP contribution < -0.4 is 0 Å². The van der Waals surface area contributed by atoms with Gasteiger partial charge in [-0.15, -0.1) is 0 Å². The lowest BCUT2D eigenvalue weighted by molar-refractivity contribution is 0.136. The van der Waals surface area contributed by atoms with Crippen molar-refractivity contribution in [2.45, 2.75) is 39.5 Å². The van der Waals surface area contributed by atoms with Crippen LogP contribution in [0.5, 0.6) is 0 Å². The fourth-order valence-corrected chi connectivity index (χ4v) is 1.26. The molecule has 4 heteroatoms. The second-order valence-electron chi connectivity index (χ2n) is 3.72. The highest BCUT2D eigenvalue weighted by molar-refractivity contribution is 4.54. The minimum Gasteiger partial charge on any atom is -0.395 e. The van der Waals surface area contributed by atoms with Gasteiger partial charge in [0.1, 0.15) is 0 Å². The van der Waals surface area contributed by atoms with E-state index in [1.165, 1.54) is 25.7 Å². The maximum atomic E-state index is 8.48. The molecule has 0 aromatic heterocycles. The van der Waals surface area contributed by atoms with E-state index in [9.17, 15) is 0 Å². The van der Waals surface area contributed by atoms with Gasteiger partial charge in [-0.25, -0.2) is 0 Å². The number of aliphatic hydroxyl groups excluding tert-OH is 3. The average molecular weight is 235 g/mol. The molecular formula is C12H29NO3. The molecule has 0 unspecified atom stereocenters. The first-order chi connectivity index (χ1) is 7.76. The van der Waals surface area contributed by atoms with Crippen molar-refractivity contribution < 1.29 is 15.3 Å². The molecule has 0 spiro atoms. The van der Waals surface area contributed by atoms with E-state index < -0.39 is 0 Å². The second kappa shape index (κ2) is 17.2. The zero-order chi connectivity index (χ0) is 12.6. The largest absolute Gasteiger partial charge is 0.395 e. The molecule has 0 rings (SSSR count). The molecule has 0 fully saturated rings. The minimum atomic E-state index is 0.0694. The molecule has 0 radical (unpaired) electrons. The molecule has 0 atom stereocenters. The van der Waals surface area contributed by atoms with E-state index in [1.807, 2.05) is 0 Å². The van der Waals surface area contributed by atoms with Gasteiger partial charge in [-0.05, 0) is 0 Å². The highest BCUT2D eigenvalue weighted by Crippen LogP contribution is 1.95. The molecule has 0 heterocycles. The molecule has 3 N–H and O–H groups in total. The monoisotopic (exact) mass is 235 g/mol. The summed E-state index contributed by atoms with van der Waals surface area (Å²) < 4.78 is 0. The van der Waals surface area contributed by atoms with Crippen molar-refractivity contribution in [2.24, 2.45) is 0 Å². The maximum absolute atomic E-state index is 8.48. The smallest absolute Gasteiger partial charge is 0.0558 e. The highest BCUT2D eigenvalue weighted by atomic mass is 16.3. The van der Waals surface area contributed by atoms with Crippen molar-refractivity contribution >= 4 is 0 Å². The highest BCUT2D eigenvalue weighted by Gasteiger charge is 2.00. The molecule has 0 bridgehead atoms. The van der Waals surface area contributed by atoms with Gasteiger partial charge in [0.2, 0.25) is 0 Å². The van der Waals surface area contributed by atoms with Crippen LogP contribution in [0.3, 0.4) is 0 Å². The number of nitrogens with zero attached hydrogens (tertiary/aromatic N) is 1. The Labute approximate surface area is 99.9 Å². The van der Waals surface area contributed by atoms with Crippen LogP contribution in [0.15, 0.2) is 0 Å². The predicted molar refractivity (Wildman–Crippen MR) is 67.5 cm³/mol. The lowest BCUT2D eigenvalue weighted by Gasteiger charge is -2.17. The summed E-state index contributed by atoms with van der Waals surface area (Å²) in [6, 6.07) is 0. The van der Waals surface area contributed by atoms with Crippen molar-refractivity contribution in [2.75, 3.05) is 39.5 Å². The molecule has 0 amide bonds. The normalized spacial score (nSPS) is 10.1. The molecule has 0 saturated heterocycles. The molecule has 4 nitrogen and oxygen atoms in total. The standard InChI is InChI=1S/C6H15NO3.C6H14/c8-4-1-7(2-5-9)3-6-10;1-3-5-6-4-2/h8-10H,1-6H2;3-6H2,1-2H3. The fraction of sp³-hybridized carbons (Fsp3) is 1.00. The van der Waals surface area contributed by atoms with Gasteiger partial charge in [0.05, 0.1) is 19.8 Å². The Bertz CT molecular complexity index is 94.2. The van der Waals surface area contributed by atoms with Crippen LogP contribution in [0.4, 0.5) is 0 Å². The molecule has 0 saturated carbocycles. The Morgan fingerprint density at radius 2 is 1.00 bits per heavy atom. The molecule has 0 aliphatic carbocycles. The molecule has 100 valence electrons. The van der Waals surface area contributed by atoms with E-state index in [0.29, 0.717) is 19.6 Å². The minimum absolute atomic E-state index is 0.0694. The van der Waals surface area contributed by atoms with Gasteiger partial charge in [-0.1, -0.05) is 39.5 Å². The van der Waals surface area contributed by atoms with Crippen LogP contribution in [-0.4, -0.2) is 59.7 Å². The summed E-state index contributed by atoms with van der Waals surface area (Å²) in [6.07, 6.45) is 5.54. The number of aliphatic hydroxyl groups is 3. The summed E-state index contributed by atoms with van der Waals surface area (Å²) in [4.78, 5) is 1.79. The quantitative estimate of drug-likeness (QED) is 0.519. The number of unbranched alkanes of at least 4 members (excludes halogenated alkanes) is 3. The third kappa shape index (κ3) is 16.3. The van der Waals surface area contributed by atoms with Gasteiger partial charge in [0, 0.05) is 19.6 Å². The molecule has 0 aliphatic rings. The number of hydrogen-bond acceptors (Lipinski definition) is 4. The summed E-state index contributed by atoms with van der Waals surface area (Å²) in [5, 5.41) is 25.5. The predicted octanol–water partition coefficient (Wildman–Crippen LogP) is 0.852. The van der Waals surface area contributed by atoms with Gasteiger partial charge in [0.25, 0.3) is 0 Å². The molecule has 16 heavy (non-hydrogen) atoms. The first kappa shape index (κ1) is 18.2. The lowest BCUT2D eigenvalue weighted by Crippen LogP contribution is -2.32. The molecular weight excluding hydrogens is 206 g/mol. The lowest BCUT2D eigenvalue weighted by atomic mass is 10.2. The Morgan fingerprint density at radius 1 is 0.688 bits per heavy atom. The van der Waals surface area contributed by atoms with Crippen LogP contribution in [0, 0.1) is 0 Å². The van der Waals surface area contributed by atoms with Gasteiger partial charge in [0.15, 0.2) is 0 Å². The van der Waals surface area contributed by atoms with Crippen molar-refractivity contribution in [3.8, 4) is 0 Å². The Hall–Kier alpha value is -0.160. The summed E-state index contributed by atoms with van der Waals surface area (Å²) in [7, 11) is 0. The topological polar surface area (TPSA) is 63.9 Å². The summed E-state index contributed by atoms with van der Waals surface area (Å²) in [5.41, 5.74) is 0. The van der Waals surface area contributed by atoms with E-state index in [4.69, 9.17) is 15.3 Å². The SMILES string of the molecule is CCCCCC.OCCN(CCO)CCO. The van der Waals surface area contributed by atoms with Gasteiger partial charge < -0.3 is 15.3 Å². The maximum Gasteiger partial charge on any atom is 0.0558 e. The van der Waals surface area contributed by atoms with E-state index >= 15 is 0 Å². The first-order valence-corrected chi connectivity index (χ1v) is 6.31. The third-order valence-electron chi connectivity index (χ3n) is 2.21. The van der Waals surface area contributed by atoms with E-state index in [1.54, 1.807) is 4.90 Å². The fourth-order valence-electron chi connectivity index (χ4n) is 1.26. The van der Waals surface area contributed by atoms with E-state index in [0.717, 1.165) is 0 Å². The van der Waals surface area contributed by atoms with Crippen molar-refractivity contribution in [1.82, 2.24) is 4.90 Å². The third-order valence-corrected chi connectivity index (χ3v) is 2.21. The van der Waals surface area contributed by atoms with Crippen molar-refractivity contribution in [1.29, 1.82) is 0 Å². The van der Waals surface area contributed by atoms with E-state index in [-0.39, 0.29) is 19.8 Å². The van der Waals surface area contributed by atoms with Crippen LogP contribution in [0.2, 0.25) is 0 Å². The zero-order valence-corrected chi connectivity index (χ0v) is 10.9. The van der Waals surface area contributed by atoms with E-state index in [2.05, 4.69) is 13.8 Å². The molecule has 0 aliphatic heterocycles. The molecule has 0 aromatic rings. The summed E-state index contributed by atoms with van der Waals surface area (Å²) in [5.74, 6) is 0. The van der Waals surface area contributed by atoms with Crippen LogP contribution in [0.1, 0.15) is 39.5 Å². The van der Waals surface area contributed by atoms with Gasteiger partial charge in [-0.2, -0.15) is 0 Å². The average Bonchev–Trinajstić information content (AvgIpc) is 2.28. The second-order valence-corrected chi connectivity index (χ2v) is 3.72. The first-order valence-electron chi connectivity index (χ1n) is 6.31. The Balaban J connectivity index is 0. The zero-order valence-electron chi connectivity index (χ0n) is 10.9. The van der Waals surface area contributed by atoms with Gasteiger partial charge >= 0.3 is 0 Å². The Kier molecular flexibility index (Phi) is 19.6.